The Morgan fingerprint density at radius 1 is 1.53 bits per heavy atom. The van der Waals surface area contributed by atoms with E-state index >= 15 is 0 Å². The van der Waals surface area contributed by atoms with Gasteiger partial charge in [-0.1, -0.05) is 0 Å². The summed E-state index contributed by atoms with van der Waals surface area (Å²) < 4.78 is 32.4. The van der Waals surface area contributed by atoms with Crippen LogP contribution in [-0.2, 0) is 4.74 Å². The lowest BCUT2D eigenvalue weighted by molar-refractivity contribution is -0.0250. The van der Waals surface area contributed by atoms with Gasteiger partial charge >= 0.3 is 0 Å². The lowest BCUT2D eigenvalue weighted by Crippen LogP contribution is -2.43. The molecule has 0 aromatic carbocycles. The van der Waals surface area contributed by atoms with Gasteiger partial charge in [-0.25, -0.2) is 8.78 Å². The summed E-state index contributed by atoms with van der Waals surface area (Å²) in [5, 5.41) is 0. The van der Waals surface area contributed by atoms with Crippen molar-refractivity contribution < 1.29 is 13.5 Å². The van der Waals surface area contributed by atoms with E-state index in [1.165, 1.54) is 0 Å². The van der Waals surface area contributed by atoms with Crippen LogP contribution in [0.2, 0.25) is 0 Å². The molecule has 2 aliphatic rings. The lowest BCUT2D eigenvalue weighted by Gasteiger charge is -2.30. The summed E-state index contributed by atoms with van der Waals surface area (Å²) in [6.07, 6.45) is 0.557. The zero-order valence-corrected chi connectivity index (χ0v) is 9.59. The second-order valence-electron chi connectivity index (χ2n) is 4.87. The van der Waals surface area contributed by atoms with Crippen LogP contribution in [0.3, 0.4) is 0 Å². The quantitative estimate of drug-likeness (QED) is 0.721. The van der Waals surface area contributed by atoms with E-state index in [1.807, 2.05) is 25.8 Å². The van der Waals surface area contributed by atoms with E-state index in [4.69, 9.17) is 4.74 Å². The molecule has 3 atom stereocenters. The average Bonchev–Trinajstić information content (AvgIpc) is 2.50. The van der Waals surface area contributed by atoms with Gasteiger partial charge in [0.15, 0.2) is 0 Å². The molecule has 1 aliphatic heterocycles. The molecule has 1 saturated heterocycles. The van der Waals surface area contributed by atoms with Gasteiger partial charge in [-0.2, -0.15) is 0 Å². The van der Waals surface area contributed by atoms with Crippen molar-refractivity contribution in [3.8, 4) is 0 Å². The second-order valence-corrected chi connectivity index (χ2v) is 4.87. The van der Waals surface area contributed by atoms with Gasteiger partial charge < -0.3 is 9.64 Å². The first-order valence-electron chi connectivity index (χ1n) is 5.64. The van der Waals surface area contributed by atoms with Crippen LogP contribution in [0.25, 0.3) is 0 Å². The minimum atomic E-state index is -2.46. The third kappa shape index (κ3) is 1.49. The SMILES string of the molecule is CCO[C@@H](C)[C@H]1N(C)CCC12CC2(F)F. The number of rotatable bonds is 3. The lowest BCUT2D eigenvalue weighted by atomic mass is 9.92. The van der Waals surface area contributed by atoms with Gasteiger partial charge in [0.1, 0.15) is 0 Å². The smallest absolute Gasteiger partial charge is 0.256 e. The fourth-order valence-electron chi connectivity index (χ4n) is 3.19. The van der Waals surface area contributed by atoms with Gasteiger partial charge in [0, 0.05) is 19.1 Å². The Bertz CT molecular complexity index is 259. The van der Waals surface area contributed by atoms with Gasteiger partial charge in [-0.15, -0.1) is 0 Å². The molecule has 15 heavy (non-hydrogen) atoms. The molecular formula is C11H19F2NO. The molecule has 88 valence electrons. The number of alkyl halides is 2. The Morgan fingerprint density at radius 2 is 2.13 bits per heavy atom. The van der Waals surface area contributed by atoms with Crippen molar-refractivity contribution in [1.29, 1.82) is 0 Å². The maximum atomic E-state index is 13.4. The fraction of sp³-hybridized carbons (Fsp3) is 1.00. The van der Waals surface area contributed by atoms with Gasteiger partial charge in [-0.05, 0) is 33.9 Å². The summed E-state index contributed by atoms with van der Waals surface area (Å²) in [7, 11) is 1.92. The van der Waals surface area contributed by atoms with Crippen LogP contribution < -0.4 is 0 Å². The average molecular weight is 219 g/mol. The Morgan fingerprint density at radius 3 is 2.60 bits per heavy atom. The molecule has 1 spiro atoms. The molecule has 2 rings (SSSR count). The number of halogens is 2. The number of likely N-dealkylation sites (tertiary alicyclic amines) is 1. The molecule has 0 bridgehead atoms. The molecule has 1 heterocycles. The Balaban J connectivity index is 2.14. The predicted octanol–water partition coefficient (Wildman–Crippen LogP) is 2.14. The van der Waals surface area contributed by atoms with Gasteiger partial charge in [0.25, 0.3) is 5.92 Å². The summed E-state index contributed by atoms with van der Waals surface area (Å²) in [6, 6.07) is -0.118. The second kappa shape index (κ2) is 3.39. The predicted molar refractivity (Wildman–Crippen MR) is 54.1 cm³/mol. The molecule has 0 aromatic heterocycles. The minimum Gasteiger partial charge on any atom is -0.377 e. The summed E-state index contributed by atoms with van der Waals surface area (Å²) in [6.45, 7) is 5.17. The molecule has 1 saturated carbocycles. The molecular weight excluding hydrogens is 200 g/mol. The summed E-state index contributed by atoms with van der Waals surface area (Å²) in [4.78, 5) is 2.03. The van der Waals surface area contributed by atoms with Crippen LogP contribution in [-0.4, -0.2) is 43.2 Å². The normalized spacial score (nSPS) is 41.0. The highest BCUT2D eigenvalue weighted by Gasteiger charge is 2.77. The fourth-order valence-corrected chi connectivity index (χ4v) is 3.19. The van der Waals surface area contributed by atoms with Crippen molar-refractivity contribution in [2.45, 2.75) is 44.8 Å². The molecule has 0 amide bonds. The van der Waals surface area contributed by atoms with Crippen molar-refractivity contribution in [3.63, 3.8) is 0 Å². The van der Waals surface area contributed by atoms with E-state index in [-0.39, 0.29) is 18.6 Å². The molecule has 2 fully saturated rings. The van der Waals surface area contributed by atoms with Gasteiger partial charge in [0.05, 0.1) is 11.5 Å². The third-order valence-corrected chi connectivity index (χ3v) is 3.97. The largest absolute Gasteiger partial charge is 0.377 e. The van der Waals surface area contributed by atoms with Crippen molar-refractivity contribution >= 4 is 0 Å². The summed E-state index contributed by atoms with van der Waals surface area (Å²) in [5.74, 6) is -2.46. The van der Waals surface area contributed by atoms with E-state index < -0.39 is 11.3 Å². The molecule has 1 unspecified atom stereocenters. The highest BCUT2D eigenvalue weighted by molar-refractivity contribution is 5.20. The molecule has 1 aliphatic carbocycles. The monoisotopic (exact) mass is 219 g/mol. The molecule has 4 heteroatoms. The molecule has 0 aromatic rings. The van der Waals surface area contributed by atoms with Crippen LogP contribution in [0.4, 0.5) is 8.78 Å². The van der Waals surface area contributed by atoms with Crippen LogP contribution in [0, 0.1) is 5.41 Å². The minimum absolute atomic E-state index is 0.0480. The number of hydrogen-bond acceptors (Lipinski definition) is 2. The van der Waals surface area contributed by atoms with Crippen molar-refractivity contribution in [3.05, 3.63) is 0 Å². The van der Waals surface area contributed by atoms with E-state index in [9.17, 15) is 8.78 Å². The Kier molecular flexibility index (Phi) is 2.54. The van der Waals surface area contributed by atoms with Crippen molar-refractivity contribution in [2.24, 2.45) is 5.41 Å². The summed E-state index contributed by atoms with van der Waals surface area (Å²) in [5.41, 5.74) is -0.781. The van der Waals surface area contributed by atoms with E-state index in [0.717, 1.165) is 6.54 Å². The number of ether oxygens (including phenoxy) is 1. The topological polar surface area (TPSA) is 12.5 Å². The van der Waals surface area contributed by atoms with E-state index in [2.05, 4.69) is 0 Å². The van der Waals surface area contributed by atoms with Gasteiger partial charge in [-0.3, -0.25) is 0 Å². The number of likely N-dealkylation sites (N-methyl/N-ethyl adjacent to an activating group) is 1. The standard InChI is InChI=1S/C11H19F2NO/c1-4-15-8(2)9-10(5-6-14(9)3)7-11(10,12)13/h8-9H,4-7H2,1-3H3/t8-,9+,10?/m0/s1. The Hall–Kier alpha value is -0.220. The van der Waals surface area contributed by atoms with Crippen molar-refractivity contribution in [2.75, 3.05) is 20.2 Å². The first kappa shape index (κ1) is 11.3. The van der Waals surface area contributed by atoms with Gasteiger partial charge in [0.2, 0.25) is 0 Å². The van der Waals surface area contributed by atoms with Crippen LogP contribution >= 0.6 is 0 Å². The van der Waals surface area contributed by atoms with Crippen LogP contribution in [0.15, 0.2) is 0 Å². The summed E-state index contributed by atoms with van der Waals surface area (Å²) >= 11 is 0. The third-order valence-electron chi connectivity index (χ3n) is 3.97. The highest BCUT2D eigenvalue weighted by atomic mass is 19.3. The highest BCUT2D eigenvalue weighted by Crippen LogP contribution is 2.68. The number of nitrogens with zero attached hydrogens (tertiary/aromatic N) is 1. The molecule has 0 N–H and O–H groups in total. The molecule has 0 radical (unpaired) electrons. The van der Waals surface area contributed by atoms with E-state index in [0.29, 0.717) is 13.0 Å². The first-order valence-corrected chi connectivity index (χ1v) is 5.64. The zero-order chi connectivity index (χ0) is 11.3. The zero-order valence-electron chi connectivity index (χ0n) is 9.59. The van der Waals surface area contributed by atoms with Crippen molar-refractivity contribution in [1.82, 2.24) is 4.90 Å². The first-order chi connectivity index (χ1) is 6.94. The van der Waals surface area contributed by atoms with Crippen LogP contribution in [0.5, 0.6) is 0 Å². The van der Waals surface area contributed by atoms with Crippen LogP contribution in [0.1, 0.15) is 26.7 Å². The molecule has 2 nitrogen and oxygen atoms in total. The Labute approximate surface area is 89.6 Å². The maximum Gasteiger partial charge on any atom is 0.256 e. The maximum absolute atomic E-state index is 13.4. The number of hydrogen-bond donors (Lipinski definition) is 0. The van der Waals surface area contributed by atoms with E-state index in [1.54, 1.807) is 0 Å².